The number of para-hydroxylation sites is 1. The van der Waals surface area contributed by atoms with Gasteiger partial charge in [0.05, 0.1) is 5.69 Å². The van der Waals surface area contributed by atoms with Crippen LogP contribution in [0.25, 0.3) is 5.57 Å². The minimum Gasteiger partial charge on any atom is -0.480 e. The van der Waals surface area contributed by atoms with Crippen molar-refractivity contribution in [2.75, 3.05) is 29.9 Å². The third-order valence-electron chi connectivity index (χ3n) is 6.99. The van der Waals surface area contributed by atoms with Crippen LogP contribution in [0.4, 0.5) is 21.0 Å². The monoisotopic (exact) mass is 585 g/mol. The molecule has 3 N–H and O–H groups in total. The van der Waals surface area contributed by atoms with Gasteiger partial charge >= 0.3 is 18.0 Å². The van der Waals surface area contributed by atoms with Gasteiger partial charge in [-0.25, -0.2) is 20.0 Å². The third-order valence-corrected chi connectivity index (χ3v) is 8.07. The van der Waals surface area contributed by atoms with E-state index in [2.05, 4.69) is 10.7 Å². The number of hydrogen-bond acceptors (Lipinski definition) is 5. The Balaban J connectivity index is 1.44. The summed E-state index contributed by atoms with van der Waals surface area (Å²) >= 11 is 1.15. The number of fused-ring (bicyclic) bond motifs is 1. The highest BCUT2D eigenvalue weighted by Crippen LogP contribution is 2.35. The summed E-state index contributed by atoms with van der Waals surface area (Å²) in [5.74, 6) is -1.10. The van der Waals surface area contributed by atoms with Crippen LogP contribution in [0, 0.1) is 0 Å². The summed E-state index contributed by atoms with van der Waals surface area (Å²) in [4.78, 5) is 55.5. The maximum absolute atomic E-state index is 14.0. The fourth-order valence-corrected chi connectivity index (χ4v) is 5.74. The fraction of sp³-hybridized carbons (Fsp3) is 0.226. The Morgan fingerprint density at radius 1 is 0.952 bits per heavy atom. The molecule has 2 aliphatic heterocycles. The van der Waals surface area contributed by atoms with E-state index >= 15 is 0 Å². The van der Waals surface area contributed by atoms with Gasteiger partial charge in [-0.2, -0.15) is 0 Å². The number of rotatable bonds is 8. The summed E-state index contributed by atoms with van der Waals surface area (Å²) in [6.07, 6.45) is 3.43. The molecular formula is C31H31N5O5S. The van der Waals surface area contributed by atoms with Crippen molar-refractivity contribution in [3.05, 3.63) is 96.2 Å². The molecule has 2 heterocycles. The molecule has 3 aromatic carbocycles. The normalized spacial score (nSPS) is 15.4. The lowest BCUT2D eigenvalue weighted by Crippen LogP contribution is -2.52. The van der Waals surface area contributed by atoms with Gasteiger partial charge in [-0.1, -0.05) is 54.6 Å². The van der Waals surface area contributed by atoms with E-state index in [1.807, 2.05) is 48.5 Å². The maximum Gasteiger partial charge on any atom is 0.347 e. The second-order valence-electron chi connectivity index (χ2n) is 9.94. The van der Waals surface area contributed by atoms with Gasteiger partial charge in [0.25, 0.3) is 0 Å². The number of carboxylic acid groups (broad SMARTS) is 1. The Labute approximate surface area is 248 Å². The zero-order valence-corrected chi connectivity index (χ0v) is 23.8. The van der Waals surface area contributed by atoms with E-state index in [0.717, 1.165) is 40.7 Å². The van der Waals surface area contributed by atoms with Gasteiger partial charge in [-0.05, 0) is 49.6 Å². The molecule has 0 spiro atoms. The van der Waals surface area contributed by atoms with Gasteiger partial charge in [0.15, 0.2) is 0 Å². The molecule has 216 valence electrons. The number of nitrogens with one attached hydrogen (secondary N) is 2. The first-order chi connectivity index (χ1) is 20.3. The average Bonchev–Trinajstić information content (AvgIpc) is 3.50. The van der Waals surface area contributed by atoms with Crippen LogP contribution >= 0.6 is 11.8 Å². The number of carbonyl (C=O) groups is 4. The number of carbonyl (C=O) groups excluding carboxylic acids is 3. The highest BCUT2D eigenvalue weighted by Gasteiger charge is 2.33. The standard InChI is InChI=1S/C31H31N5O5S/c1-21(29(38)39)42-24-13-9-12-23(18-24)32-30(40)33-36-19-26(22-10-3-2-4-11-22)25-14-5-6-15-27(25)35(31(36)41)20-28(37)34-16-7-8-17-34/h2-6,9-15,18-19,21H,7-8,16-17,20H2,1H3,(H,38,39)(H2,32,33,40)/t21-/m0/s1. The van der Waals surface area contributed by atoms with E-state index in [1.165, 1.54) is 4.90 Å². The van der Waals surface area contributed by atoms with E-state index in [0.29, 0.717) is 34.9 Å². The minimum absolute atomic E-state index is 0.159. The summed E-state index contributed by atoms with van der Waals surface area (Å²) in [7, 11) is 0. The number of benzene rings is 3. The number of urea groups is 2. The van der Waals surface area contributed by atoms with Gasteiger partial charge < -0.3 is 15.3 Å². The minimum atomic E-state index is -0.939. The zero-order chi connectivity index (χ0) is 29.6. The number of aliphatic carboxylic acids is 1. The van der Waals surface area contributed by atoms with Crippen molar-refractivity contribution in [2.45, 2.75) is 29.9 Å². The quantitative estimate of drug-likeness (QED) is 0.311. The van der Waals surface area contributed by atoms with Crippen molar-refractivity contribution in [3.8, 4) is 0 Å². The topological polar surface area (TPSA) is 122 Å². The van der Waals surface area contributed by atoms with Gasteiger partial charge in [0.1, 0.15) is 11.8 Å². The number of nitrogens with zero attached hydrogens (tertiary/aromatic N) is 3. The molecule has 11 heteroatoms. The highest BCUT2D eigenvalue weighted by atomic mass is 32.2. The van der Waals surface area contributed by atoms with Crippen LogP contribution in [-0.4, -0.2) is 63.8 Å². The molecule has 0 aromatic heterocycles. The van der Waals surface area contributed by atoms with Crippen molar-refractivity contribution in [1.29, 1.82) is 0 Å². The third kappa shape index (κ3) is 6.58. The Morgan fingerprint density at radius 2 is 1.67 bits per heavy atom. The summed E-state index contributed by atoms with van der Waals surface area (Å²) < 4.78 is 0. The number of thioether (sulfide) groups is 1. The molecule has 0 saturated carbocycles. The van der Waals surface area contributed by atoms with Gasteiger partial charge in [0.2, 0.25) is 5.91 Å². The Bertz CT molecular complexity index is 1520. The van der Waals surface area contributed by atoms with Crippen molar-refractivity contribution in [3.63, 3.8) is 0 Å². The molecule has 5 rings (SSSR count). The number of hydrazine groups is 1. The number of amides is 5. The van der Waals surface area contributed by atoms with Gasteiger partial charge in [-0.3, -0.25) is 14.5 Å². The Hall–Kier alpha value is -4.77. The predicted octanol–water partition coefficient (Wildman–Crippen LogP) is 5.24. The number of carboxylic acids is 1. The second-order valence-corrected chi connectivity index (χ2v) is 11.4. The molecule has 5 amide bonds. The Kier molecular flexibility index (Phi) is 8.77. The lowest BCUT2D eigenvalue weighted by molar-refractivity contribution is -0.136. The maximum atomic E-state index is 14.0. The first-order valence-electron chi connectivity index (χ1n) is 13.6. The summed E-state index contributed by atoms with van der Waals surface area (Å²) in [5.41, 5.74) is 5.88. The first kappa shape index (κ1) is 28.7. The molecule has 3 aromatic rings. The van der Waals surface area contributed by atoms with Gasteiger partial charge in [0, 0.05) is 41.0 Å². The fourth-order valence-electron chi connectivity index (χ4n) is 4.88. The molecule has 1 saturated heterocycles. The summed E-state index contributed by atoms with van der Waals surface area (Å²) in [6, 6.07) is 22.4. The SMILES string of the molecule is C[C@H](Sc1cccc(NC(=O)NN2C=C(c3ccccc3)c3ccccc3N(CC(=O)N3CCCC3)C2=O)c1)C(=O)O. The van der Waals surface area contributed by atoms with Crippen LogP contribution in [0.1, 0.15) is 30.9 Å². The second kappa shape index (κ2) is 12.8. The molecule has 0 aliphatic carbocycles. The molecule has 2 aliphatic rings. The highest BCUT2D eigenvalue weighted by molar-refractivity contribution is 8.00. The van der Waals surface area contributed by atoms with E-state index in [4.69, 9.17) is 0 Å². The van der Waals surface area contributed by atoms with E-state index in [1.54, 1.807) is 48.4 Å². The zero-order valence-electron chi connectivity index (χ0n) is 23.0. The smallest absolute Gasteiger partial charge is 0.347 e. The molecule has 1 fully saturated rings. The molecule has 0 radical (unpaired) electrons. The van der Waals surface area contributed by atoms with Crippen LogP contribution < -0.4 is 15.6 Å². The van der Waals surface area contributed by atoms with Crippen molar-refractivity contribution >= 4 is 52.6 Å². The van der Waals surface area contributed by atoms with E-state index < -0.39 is 23.3 Å². The van der Waals surface area contributed by atoms with E-state index in [9.17, 15) is 24.3 Å². The molecule has 1 atom stereocenters. The van der Waals surface area contributed by atoms with Crippen LogP contribution in [-0.2, 0) is 9.59 Å². The van der Waals surface area contributed by atoms with Crippen molar-refractivity contribution in [1.82, 2.24) is 15.3 Å². The van der Waals surface area contributed by atoms with Crippen molar-refractivity contribution in [2.24, 2.45) is 0 Å². The first-order valence-corrected chi connectivity index (χ1v) is 14.5. The van der Waals surface area contributed by atoms with Crippen molar-refractivity contribution < 1.29 is 24.3 Å². The summed E-state index contributed by atoms with van der Waals surface area (Å²) in [6.45, 7) is 2.72. The Morgan fingerprint density at radius 3 is 2.40 bits per heavy atom. The summed E-state index contributed by atoms with van der Waals surface area (Å²) in [5, 5.41) is 12.4. The molecule has 0 unspecified atom stereocenters. The van der Waals surface area contributed by atoms with Crippen LogP contribution in [0.3, 0.4) is 0 Å². The van der Waals surface area contributed by atoms with Gasteiger partial charge in [-0.15, -0.1) is 11.8 Å². The lowest BCUT2D eigenvalue weighted by Gasteiger charge is -2.28. The average molecular weight is 586 g/mol. The van der Waals surface area contributed by atoms with Crippen LogP contribution in [0.5, 0.6) is 0 Å². The molecule has 10 nitrogen and oxygen atoms in total. The lowest BCUT2D eigenvalue weighted by atomic mass is 9.97. The largest absolute Gasteiger partial charge is 0.480 e. The molecular weight excluding hydrogens is 554 g/mol. The van der Waals surface area contributed by atoms with Crippen LogP contribution in [0.15, 0.2) is 90.0 Å². The number of hydrogen-bond donors (Lipinski definition) is 3. The number of anilines is 2. The molecule has 42 heavy (non-hydrogen) atoms. The number of likely N-dealkylation sites (tertiary alicyclic amines) is 1. The molecule has 0 bridgehead atoms. The predicted molar refractivity (Wildman–Crippen MR) is 162 cm³/mol. The van der Waals surface area contributed by atoms with Crippen LogP contribution in [0.2, 0.25) is 0 Å². The van der Waals surface area contributed by atoms with E-state index in [-0.39, 0.29) is 12.5 Å².